The van der Waals surface area contributed by atoms with E-state index in [0.717, 1.165) is 21.7 Å². The molecule has 440 valence electrons. The fraction of sp³-hybridized carbons (Fsp3) is 0.367. The monoisotopic (exact) mass is 1190 g/mol. The highest BCUT2D eigenvalue weighted by Gasteiger charge is 2.42. The lowest BCUT2D eigenvalue weighted by Gasteiger charge is -2.35. The number of halogens is 3. The van der Waals surface area contributed by atoms with E-state index in [0.29, 0.717) is 103 Å². The molecule has 0 unspecified atom stereocenters. The van der Waals surface area contributed by atoms with Crippen LogP contribution in [-0.4, -0.2) is 135 Å². The van der Waals surface area contributed by atoms with Gasteiger partial charge in [-0.2, -0.15) is 0 Å². The van der Waals surface area contributed by atoms with E-state index in [2.05, 4.69) is 51.9 Å². The van der Waals surface area contributed by atoms with Crippen molar-refractivity contribution < 1.29 is 42.2 Å². The molecule has 7 aromatic rings. The zero-order valence-electron chi connectivity index (χ0n) is 47.1. The number of anilines is 2. The predicted molar refractivity (Wildman–Crippen MR) is 315 cm³/mol. The third-order valence-corrected chi connectivity index (χ3v) is 15.2. The highest BCUT2D eigenvalue weighted by Crippen LogP contribution is 2.35. The van der Waals surface area contributed by atoms with Crippen LogP contribution in [0.15, 0.2) is 108 Å². The molecular weight excluding hydrogens is 1120 g/mol. The maximum absolute atomic E-state index is 15.0. The Kier molecular flexibility index (Phi) is 20.6. The number of thiazole rings is 1. The highest BCUT2D eigenvalue weighted by molar-refractivity contribution is 7.13. The van der Waals surface area contributed by atoms with Crippen molar-refractivity contribution in [2.75, 3.05) is 64.5 Å². The number of fused-ring (bicyclic) bond motifs is 3. The first-order valence-corrected chi connectivity index (χ1v) is 28.9. The van der Waals surface area contributed by atoms with Crippen LogP contribution in [0.5, 0.6) is 0 Å². The van der Waals surface area contributed by atoms with Crippen molar-refractivity contribution in [3.05, 3.63) is 159 Å². The molecule has 0 radical (unpaired) electrons. The maximum atomic E-state index is 15.0. The number of rotatable bonds is 26. The first-order valence-electron chi connectivity index (χ1n) is 27.6. The summed E-state index contributed by atoms with van der Waals surface area (Å²) in [5.74, 6) is -2.42. The number of hydrogen-bond donors (Lipinski definition) is 5. The summed E-state index contributed by atoms with van der Waals surface area (Å²) in [5, 5.41) is 23.9. The Balaban J connectivity index is 0.610. The van der Waals surface area contributed by atoms with Crippen molar-refractivity contribution in [3.63, 3.8) is 0 Å². The van der Waals surface area contributed by atoms with Crippen molar-refractivity contribution in [2.45, 2.75) is 78.9 Å². The molecule has 0 bridgehead atoms. The summed E-state index contributed by atoms with van der Waals surface area (Å²) in [6.45, 7) is 11.5. The standard InChI is InChI=1S/C60H66ClF2N13O7S/c1-37-54(84-36-69-37)39-12-10-38(11-13-39)30-67-57(79)49-9-6-23-76(49)58(80)55(60(2,3)4)71-50(77)35-82-25-21-64-20-24-75-33-44(73-74-75)34-83-28-27-81-26-22-65-56(78)40-14-17-43(18-15-40)70-59-68-32-41-31-66-53(51-47(62)7-5-8-48(51)63)46-29-42(61)16-19-45(46)52(41)72-59/h5,7-8,10-19,29,32-33,36,49,55,64H,6,9,20-28,30-31,34-35H2,1-4H3,(H,65,78)(H,67,79)(H,71,77)(H,68,70,72)/t49-,55+/m0/s1. The summed E-state index contributed by atoms with van der Waals surface area (Å²) >= 11 is 7.95. The Morgan fingerprint density at radius 1 is 0.869 bits per heavy atom. The van der Waals surface area contributed by atoms with Gasteiger partial charge >= 0.3 is 0 Å². The van der Waals surface area contributed by atoms with Gasteiger partial charge in [0.25, 0.3) is 5.91 Å². The van der Waals surface area contributed by atoms with Gasteiger partial charge in [0, 0.05) is 71.9 Å². The average molecular weight is 1190 g/mol. The van der Waals surface area contributed by atoms with E-state index in [1.165, 1.54) is 18.2 Å². The number of nitrogens with one attached hydrogen (secondary N) is 5. The van der Waals surface area contributed by atoms with Gasteiger partial charge in [0.15, 0.2) is 0 Å². The van der Waals surface area contributed by atoms with Crippen LogP contribution in [0.3, 0.4) is 0 Å². The highest BCUT2D eigenvalue weighted by atomic mass is 35.5. The van der Waals surface area contributed by atoms with Crippen LogP contribution < -0.4 is 26.6 Å². The molecule has 2 aliphatic rings. The summed E-state index contributed by atoms with van der Waals surface area (Å²) in [7, 11) is 0. The van der Waals surface area contributed by atoms with Gasteiger partial charge in [-0.3, -0.25) is 28.9 Å². The lowest BCUT2D eigenvalue weighted by molar-refractivity contribution is -0.144. The molecule has 84 heavy (non-hydrogen) atoms. The quantitative estimate of drug-likeness (QED) is 0.0328. The number of hydrogen-bond acceptors (Lipinski definition) is 16. The first kappa shape index (κ1) is 60.7. The lowest BCUT2D eigenvalue weighted by atomic mass is 9.85. The minimum Gasteiger partial charge on any atom is -0.377 e. The zero-order valence-corrected chi connectivity index (χ0v) is 48.6. The number of aliphatic imine (C=N–C) groups is 1. The normalized spacial score (nSPS) is 14.2. The molecule has 5 N–H and O–H groups in total. The van der Waals surface area contributed by atoms with Crippen molar-refractivity contribution in [1.82, 2.24) is 56.1 Å². The van der Waals surface area contributed by atoms with Crippen LogP contribution >= 0.6 is 22.9 Å². The van der Waals surface area contributed by atoms with Crippen LogP contribution in [0.1, 0.15) is 77.6 Å². The Hall–Kier alpha value is -7.93. The van der Waals surface area contributed by atoms with Gasteiger partial charge in [-0.05, 0) is 84.8 Å². The molecule has 4 aromatic carbocycles. The number of carbonyl (C=O) groups excluding carboxylic acids is 4. The SMILES string of the molecule is Cc1ncsc1-c1ccc(CNC(=O)[C@@H]2CCCN2C(=O)[C@@H](NC(=O)COCCNCCn2cc(COCCOCCNC(=O)c3ccc(Nc4ncc5c(n4)-c4ccc(Cl)cc4C(c4c(F)cccc4F)=NC5)cc3)nn2)C(C)(C)C)cc1. The molecule has 24 heteroatoms. The van der Waals surface area contributed by atoms with Gasteiger partial charge < -0.3 is 45.7 Å². The minimum atomic E-state index is -0.855. The Bertz CT molecular complexity index is 3450. The summed E-state index contributed by atoms with van der Waals surface area (Å²) in [6.07, 6.45) is 4.64. The van der Waals surface area contributed by atoms with Crippen molar-refractivity contribution in [1.29, 1.82) is 0 Å². The minimum absolute atomic E-state index is 0.0845. The molecule has 9 rings (SSSR count). The molecule has 4 amide bonds. The van der Waals surface area contributed by atoms with Crippen LogP contribution in [0.4, 0.5) is 20.4 Å². The molecule has 2 aliphatic heterocycles. The first-order chi connectivity index (χ1) is 40.6. The van der Waals surface area contributed by atoms with Crippen LogP contribution in [0.25, 0.3) is 21.7 Å². The largest absolute Gasteiger partial charge is 0.377 e. The Morgan fingerprint density at radius 2 is 1.64 bits per heavy atom. The van der Waals surface area contributed by atoms with E-state index in [1.54, 1.807) is 75.8 Å². The fourth-order valence-corrected chi connectivity index (χ4v) is 10.6. The topological polar surface area (TPSA) is 241 Å². The van der Waals surface area contributed by atoms with Crippen LogP contribution in [0, 0.1) is 24.0 Å². The van der Waals surface area contributed by atoms with Crippen molar-refractivity contribution >= 4 is 63.9 Å². The number of amides is 4. The lowest BCUT2D eigenvalue weighted by Crippen LogP contribution is -2.58. The van der Waals surface area contributed by atoms with Gasteiger partial charge in [0.1, 0.15) is 36.0 Å². The smallest absolute Gasteiger partial charge is 0.251 e. The number of nitrogens with zero attached hydrogens (tertiary/aromatic N) is 8. The fourth-order valence-electron chi connectivity index (χ4n) is 9.61. The second kappa shape index (κ2) is 28.6. The predicted octanol–water partition coefficient (Wildman–Crippen LogP) is 7.60. The molecule has 1 saturated heterocycles. The average Bonchev–Trinajstić information content (AvgIpc) is 2.58. The molecular formula is C60H66ClF2N13O7S. The molecule has 3 aromatic heterocycles. The van der Waals surface area contributed by atoms with E-state index in [1.807, 2.05) is 57.5 Å². The van der Waals surface area contributed by atoms with Gasteiger partial charge in [-0.25, -0.2) is 23.7 Å². The van der Waals surface area contributed by atoms with Crippen LogP contribution in [-0.2, 0) is 54.8 Å². The van der Waals surface area contributed by atoms with E-state index in [9.17, 15) is 28.0 Å². The molecule has 0 spiro atoms. The van der Waals surface area contributed by atoms with E-state index < -0.39 is 35.0 Å². The number of aromatic nitrogens is 6. The summed E-state index contributed by atoms with van der Waals surface area (Å²) in [6, 6.07) is 22.0. The van der Waals surface area contributed by atoms with Gasteiger partial charge in [0.05, 0.1) is 85.4 Å². The van der Waals surface area contributed by atoms with Gasteiger partial charge in [-0.15, -0.1) is 16.4 Å². The number of ether oxygens (including phenoxy) is 3. The summed E-state index contributed by atoms with van der Waals surface area (Å²) < 4.78 is 48.6. The summed E-state index contributed by atoms with van der Waals surface area (Å²) in [4.78, 5) is 74.2. The molecule has 20 nitrogen and oxygen atoms in total. The van der Waals surface area contributed by atoms with Gasteiger partial charge in [-0.1, -0.05) is 74.0 Å². The second-order valence-corrected chi connectivity index (χ2v) is 22.4. The number of aryl methyl sites for hydroxylation is 1. The maximum Gasteiger partial charge on any atom is 0.251 e. The van der Waals surface area contributed by atoms with E-state index >= 15 is 0 Å². The second-order valence-electron chi connectivity index (χ2n) is 21.2. The number of benzene rings is 4. The molecule has 2 atom stereocenters. The molecule has 5 heterocycles. The number of carbonyl (C=O) groups is 4. The third kappa shape index (κ3) is 15.8. The van der Waals surface area contributed by atoms with E-state index in [-0.39, 0.29) is 74.5 Å². The third-order valence-electron chi connectivity index (χ3n) is 14.0. The molecule has 1 fully saturated rings. The van der Waals surface area contributed by atoms with Gasteiger partial charge in [0.2, 0.25) is 23.7 Å². The van der Waals surface area contributed by atoms with E-state index in [4.69, 9.17) is 30.8 Å². The van der Waals surface area contributed by atoms with Crippen molar-refractivity contribution in [3.8, 4) is 21.7 Å². The summed E-state index contributed by atoms with van der Waals surface area (Å²) in [5.41, 5.74) is 8.02. The number of likely N-dealkylation sites (tertiary alicyclic amines) is 1. The van der Waals surface area contributed by atoms with Crippen molar-refractivity contribution in [2.24, 2.45) is 10.4 Å². The Morgan fingerprint density at radius 3 is 2.40 bits per heavy atom. The molecule has 0 aliphatic carbocycles. The molecule has 0 saturated carbocycles. The Labute approximate surface area is 494 Å². The zero-order chi connectivity index (χ0) is 59.2. The van der Waals surface area contributed by atoms with Crippen LogP contribution in [0.2, 0.25) is 5.02 Å².